The van der Waals surface area contributed by atoms with Gasteiger partial charge in [-0.05, 0) is 86.2 Å². The van der Waals surface area contributed by atoms with E-state index in [0.29, 0.717) is 0 Å². The van der Waals surface area contributed by atoms with Crippen molar-refractivity contribution >= 4 is 41.6 Å². The van der Waals surface area contributed by atoms with E-state index in [-0.39, 0.29) is 64.6 Å². The van der Waals surface area contributed by atoms with Gasteiger partial charge in [0.05, 0.1) is 99.7 Å². The standard InChI is InChI=1S/2C19H28O11S.2C12H24O11S/c2*20-8-12-11(6-13(21)15(12)22)7-14-18(30-31(25,26)27)16(23)17(24)19(29-14)28-9-10-4-2-1-3-5-10;2*13-3-6-5(1-7(15)10(6)18)2-8(16)12(23-24(20,21)22)11(19)9(17)4-14/h2*1-5,11-24H,6-9H2,(H,25,26,27);2*5-19H,1-4H2,(H,20,21,22)/p-4/t2*11-,12-,13+,14+,15+,16+,17+,18-,19+;5-,6-,7+,8+,9-,10+,11+,12+;5-,6-,7+,8+,9-,10+,11+,12-/m0000/s1. The molecule has 6 aliphatic rings. The number of benzene rings is 2. The zero-order chi connectivity index (χ0) is 82.8. The Balaban J connectivity index is 0.000000265. The van der Waals surface area contributed by atoms with Crippen LogP contribution in [0, 0.1) is 47.3 Å². The van der Waals surface area contributed by atoms with Crippen LogP contribution in [-0.2, 0) is 90.5 Å². The molecule has 2 aromatic rings. The molecular formula is C62H100O44S4-4. The summed E-state index contributed by atoms with van der Waals surface area (Å²) in [6, 6.07) is 17.8. The highest BCUT2D eigenvalue weighted by Gasteiger charge is 2.53. The van der Waals surface area contributed by atoms with E-state index in [4.69, 9.17) is 29.2 Å². The lowest BCUT2D eigenvalue weighted by Crippen LogP contribution is -2.59. The fourth-order valence-corrected chi connectivity index (χ4v) is 16.5. The molecule has 4 aliphatic carbocycles. The summed E-state index contributed by atoms with van der Waals surface area (Å²) in [7, 11) is -21.2. The summed E-state index contributed by atoms with van der Waals surface area (Å²) >= 11 is 0. The summed E-state index contributed by atoms with van der Waals surface area (Å²) in [5.74, 6) is -5.44. The minimum absolute atomic E-state index is 0.0149. The Morgan fingerprint density at radius 3 is 0.900 bits per heavy atom. The quantitative estimate of drug-likeness (QED) is 0.0228. The monoisotopic (exact) mass is 1680 g/mol. The number of ether oxygens (including phenoxy) is 4. The zero-order valence-corrected chi connectivity index (χ0v) is 61.5. The average molecular weight is 1680 g/mol. The van der Waals surface area contributed by atoms with Crippen molar-refractivity contribution in [1.82, 2.24) is 0 Å². The molecule has 4 saturated carbocycles. The van der Waals surface area contributed by atoms with Gasteiger partial charge in [0.25, 0.3) is 0 Å². The molecular weight excluding hydrogens is 1580 g/mol. The lowest BCUT2D eigenvalue weighted by atomic mass is 9.86. The van der Waals surface area contributed by atoms with Crippen molar-refractivity contribution in [2.24, 2.45) is 47.3 Å². The first-order valence-electron chi connectivity index (χ1n) is 34.3. The van der Waals surface area contributed by atoms with Gasteiger partial charge in [-0.15, -0.1) is 0 Å². The molecule has 0 bridgehead atoms. The maximum Gasteiger partial charge on any atom is 0.218 e. The van der Waals surface area contributed by atoms with Gasteiger partial charge < -0.3 is 160 Å². The molecule has 110 heavy (non-hydrogen) atoms. The van der Waals surface area contributed by atoms with E-state index in [2.05, 4.69) is 16.7 Å². The van der Waals surface area contributed by atoms with Gasteiger partial charge in [-0.1, -0.05) is 60.7 Å². The summed E-state index contributed by atoms with van der Waals surface area (Å²) in [4.78, 5) is 0. The van der Waals surface area contributed by atoms with Crippen LogP contribution in [0.4, 0.5) is 0 Å². The van der Waals surface area contributed by atoms with E-state index < -0.39 is 288 Å². The normalized spacial score (nSPS) is 36.4. The molecule has 24 N–H and O–H groups in total. The lowest BCUT2D eigenvalue weighted by Gasteiger charge is -2.43. The Labute approximate surface area is 631 Å². The molecule has 2 saturated heterocycles. The third-order valence-electron chi connectivity index (χ3n) is 20.2. The average Bonchev–Trinajstić information content (AvgIpc) is 1.62. The minimum Gasteiger partial charge on any atom is -0.726 e. The van der Waals surface area contributed by atoms with Gasteiger partial charge in [0.15, 0.2) is 12.6 Å². The summed E-state index contributed by atoms with van der Waals surface area (Å²) in [6.45, 7) is -3.83. The first-order valence-corrected chi connectivity index (χ1v) is 39.7. The molecule has 48 heteroatoms. The summed E-state index contributed by atoms with van der Waals surface area (Å²) in [5, 5.41) is 234. The van der Waals surface area contributed by atoms with Gasteiger partial charge in [0.1, 0.15) is 73.2 Å². The van der Waals surface area contributed by atoms with Crippen molar-refractivity contribution in [3.8, 4) is 0 Å². The van der Waals surface area contributed by atoms with Crippen LogP contribution in [0.15, 0.2) is 60.7 Å². The molecule has 34 atom stereocenters. The highest BCUT2D eigenvalue weighted by Crippen LogP contribution is 2.43. The third kappa shape index (κ3) is 28.6. The SMILES string of the molecule is O=S(=O)([O-])O[C@@H]([C@H](O)[C@@H](O)CO)[C@H](O)C[C@@H]1C[C@@H](O)[C@H](O)[C@H]1CO.O=S(=O)([O-])O[C@@H]1[C@H](O)[C@@H](O)[C@H](OCc2ccccc2)O[C@@H]1C[C@@H]1C[C@@H](O)[C@H](O)[C@H]1CO.O=S(=O)([O-])O[C@@H]1[C@H](O)[C@@H](O)[C@H](OCc2ccccc2)O[C@@H]1C[C@@H]1C[C@@H](O)[C@H](O)[C@H]1CO.O=S(=O)([O-])O[C@H]([C@H](O)[C@@H](O)CO)[C@H](O)C[C@@H]1C[C@@H](O)[C@H](O)[C@H]1CO. The molecule has 44 nitrogen and oxygen atoms in total. The number of aliphatic hydroxyl groups excluding tert-OH is 24. The Bertz CT molecular complexity index is 3230. The highest BCUT2D eigenvalue weighted by molar-refractivity contribution is 7.81. The highest BCUT2D eigenvalue weighted by atomic mass is 32.3. The summed E-state index contributed by atoms with van der Waals surface area (Å²) < 4.78 is 171. The maximum absolute atomic E-state index is 11.2. The van der Waals surface area contributed by atoms with Gasteiger partial charge in [0.2, 0.25) is 41.6 Å². The number of hydrogen-bond acceptors (Lipinski definition) is 44. The van der Waals surface area contributed by atoms with Gasteiger partial charge in [-0.25, -0.2) is 33.7 Å². The molecule has 2 aromatic carbocycles. The third-order valence-corrected chi connectivity index (χ3v) is 22.1. The molecule has 640 valence electrons. The van der Waals surface area contributed by atoms with Crippen molar-refractivity contribution in [3.63, 3.8) is 0 Å². The Morgan fingerprint density at radius 2 is 0.645 bits per heavy atom. The molecule has 0 amide bonds. The zero-order valence-electron chi connectivity index (χ0n) is 58.2. The fourth-order valence-electron chi connectivity index (χ4n) is 14.5. The molecule has 8 rings (SSSR count). The Morgan fingerprint density at radius 1 is 0.373 bits per heavy atom. The Kier molecular flexibility index (Phi) is 38.8. The lowest BCUT2D eigenvalue weighted by molar-refractivity contribution is -0.298. The van der Waals surface area contributed by atoms with Crippen molar-refractivity contribution < 1.29 is 210 Å². The van der Waals surface area contributed by atoms with E-state index in [1.54, 1.807) is 48.5 Å². The second-order valence-corrected chi connectivity index (χ2v) is 31.7. The van der Waals surface area contributed by atoms with Crippen LogP contribution in [0.2, 0.25) is 0 Å². The van der Waals surface area contributed by atoms with E-state index in [9.17, 15) is 164 Å². The van der Waals surface area contributed by atoms with Crippen LogP contribution in [-0.4, -0.2) is 373 Å². The summed E-state index contributed by atoms with van der Waals surface area (Å²) in [5.41, 5.74) is 1.51. The maximum atomic E-state index is 11.2. The number of rotatable bonds is 34. The predicted molar refractivity (Wildman–Crippen MR) is 354 cm³/mol. The first-order chi connectivity index (χ1) is 51.2. The van der Waals surface area contributed by atoms with Crippen LogP contribution in [0.3, 0.4) is 0 Å². The van der Waals surface area contributed by atoms with Crippen LogP contribution in [0.5, 0.6) is 0 Å². The van der Waals surface area contributed by atoms with Crippen molar-refractivity contribution in [1.29, 1.82) is 0 Å². The molecule has 2 aliphatic heterocycles. The number of hydrogen-bond donors (Lipinski definition) is 24. The number of aliphatic hydroxyl groups is 24. The molecule has 6 fully saturated rings. The van der Waals surface area contributed by atoms with Gasteiger partial charge >= 0.3 is 0 Å². The molecule has 0 spiro atoms. The first kappa shape index (κ1) is 97.4. The van der Waals surface area contributed by atoms with Crippen molar-refractivity contribution in [2.45, 2.75) is 224 Å². The fraction of sp³-hybridized carbons (Fsp3) is 0.806. The van der Waals surface area contributed by atoms with Gasteiger partial charge in [0, 0.05) is 50.1 Å². The Hall–Kier alpha value is -3.20. The van der Waals surface area contributed by atoms with Crippen molar-refractivity contribution in [3.05, 3.63) is 71.8 Å². The van der Waals surface area contributed by atoms with E-state index >= 15 is 0 Å². The van der Waals surface area contributed by atoms with Crippen LogP contribution in [0.1, 0.15) is 62.5 Å². The largest absolute Gasteiger partial charge is 0.726 e. The van der Waals surface area contributed by atoms with Crippen LogP contribution >= 0.6 is 0 Å². The predicted octanol–water partition coefficient (Wildman–Crippen LogP) is -12.2. The topological polar surface area (TPSA) is 788 Å². The van der Waals surface area contributed by atoms with E-state index in [0.717, 1.165) is 11.1 Å². The molecule has 0 unspecified atom stereocenters. The van der Waals surface area contributed by atoms with E-state index in [1.165, 1.54) is 0 Å². The van der Waals surface area contributed by atoms with E-state index in [1.807, 2.05) is 12.1 Å². The van der Waals surface area contributed by atoms with Crippen molar-refractivity contribution in [2.75, 3.05) is 39.6 Å². The van der Waals surface area contributed by atoms with Crippen LogP contribution < -0.4 is 0 Å². The second-order valence-electron chi connectivity index (χ2n) is 27.7. The van der Waals surface area contributed by atoms with Gasteiger partial charge in [-0.3, -0.25) is 16.7 Å². The minimum atomic E-state index is -5.34. The van der Waals surface area contributed by atoms with Gasteiger partial charge in [-0.2, -0.15) is 0 Å². The smallest absolute Gasteiger partial charge is 0.218 e. The summed E-state index contributed by atoms with van der Waals surface area (Å²) in [6.07, 6.45) is -41.5. The van der Waals surface area contributed by atoms with Crippen LogP contribution in [0.25, 0.3) is 0 Å². The molecule has 0 radical (unpaired) electrons. The molecule has 2 heterocycles. The molecule has 0 aromatic heterocycles. The second kappa shape index (κ2) is 43.8.